The average molecular weight is 294 g/mol. The first kappa shape index (κ1) is 14.8. The summed E-state index contributed by atoms with van der Waals surface area (Å²) in [5.74, 6) is 0.968. The maximum atomic E-state index is 11.7. The van der Waals surface area contributed by atoms with Gasteiger partial charge in [-0.2, -0.15) is 5.26 Å². The topological polar surface area (TPSA) is 79.2 Å². The second-order valence-electron chi connectivity index (χ2n) is 4.86. The molecule has 5 nitrogen and oxygen atoms in total. The van der Waals surface area contributed by atoms with E-state index in [1.54, 1.807) is 6.07 Å². The lowest BCUT2D eigenvalue weighted by Crippen LogP contribution is -2.30. The van der Waals surface area contributed by atoms with E-state index in [2.05, 4.69) is 5.32 Å². The van der Waals surface area contributed by atoms with Crippen molar-refractivity contribution in [2.24, 2.45) is 0 Å². The van der Waals surface area contributed by atoms with Crippen LogP contribution >= 0.6 is 0 Å². The van der Waals surface area contributed by atoms with Gasteiger partial charge in [0.15, 0.2) is 16.4 Å². The van der Waals surface area contributed by atoms with Crippen LogP contribution in [0.1, 0.15) is 18.4 Å². The maximum absolute atomic E-state index is 11.7. The van der Waals surface area contributed by atoms with Crippen molar-refractivity contribution in [2.45, 2.75) is 24.6 Å². The molecule has 0 bridgehead atoms. The molecule has 0 amide bonds. The van der Waals surface area contributed by atoms with E-state index in [0.717, 1.165) is 18.4 Å². The SMILES string of the molecule is N#CCOc1cccc(CNCC2CCCS2(=O)=O)c1. The van der Waals surface area contributed by atoms with Gasteiger partial charge in [0, 0.05) is 13.1 Å². The van der Waals surface area contributed by atoms with Crippen LogP contribution in [0, 0.1) is 11.3 Å². The minimum Gasteiger partial charge on any atom is -0.479 e. The highest BCUT2D eigenvalue weighted by Crippen LogP contribution is 2.19. The lowest BCUT2D eigenvalue weighted by atomic mass is 10.2. The Kier molecular flexibility index (Phi) is 4.99. The van der Waals surface area contributed by atoms with Gasteiger partial charge in [-0.25, -0.2) is 8.42 Å². The number of hydrogen-bond donors (Lipinski definition) is 1. The van der Waals surface area contributed by atoms with Crippen molar-refractivity contribution < 1.29 is 13.2 Å². The lowest BCUT2D eigenvalue weighted by molar-refractivity contribution is 0.367. The Morgan fingerprint density at radius 3 is 3.00 bits per heavy atom. The fourth-order valence-corrected chi connectivity index (χ4v) is 4.13. The predicted molar refractivity (Wildman–Crippen MR) is 76.1 cm³/mol. The van der Waals surface area contributed by atoms with Crippen molar-refractivity contribution in [3.63, 3.8) is 0 Å². The van der Waals surface area contributed by atoms with Gasteiger partial charge in [0.05, 0.1) is 11.0 Å². The van der Waals surface area contributed by atoms with Crippen LogP contribution in [0.5, 0.6) is 5.75 Å². The Balaban J connectivity index is 1.84. The molecule has 0 aliphatic carbocycles. The number of rotatable bonds is 6. The third-order valence-electron chi connectivity index (χ3n) is 3.37. The van der Waals surface area contributed by atoms with Gasteiger partial charge in [-0.05, 0) is 30.5 Å². The molecule has 0 spiro atoms. The van der Waals surface area contributed by atoms with E-state index in [1.807, 2.05) is 24.3 Å². The molecular formula is C14H18N2O3S. The molecule has 108 valence electrons. The van der Waals surface area contributed by atoms with Crippen LogP contribution in [0.2, 0.25) is 0 Å². The molecule has 1 aromatic carbocycles. The van der Waals surface area contributed by atoms with Crippen molar-refractivity contribution in [1.82, 2.24) is 5.32 Å². The summed E-state index contributed by atoms with van der Waals surface area (Å²) in [6.07, 6.45) is 1.52. The quantitative estimate of drug-likeness (QED) is 0.854. The van der Waals surface area contributed by atoms with Crippen molar-refractivity contribution in [3.8, 4) is 11.8 Å². The number of ether oxygens (including phenoxy) is 1. The maximum Gasteiger partial charge on any atom is 0.174 e. The van der Waals surface area contributed by atoms with Gasteiger partial charge in [0.2, 0.25) is 0 Å². The first-order chi connectivity index (χ1) is 9.62. The summed E-state index contributed by atoms with van der Waals surface area (Å²) in [6.45, 7) is 1.11. The molecule has 0 aromatic heterocycles. The number of hydrogen-bond acceptors (Lipinski definition) is 5. The van der Waals surface area contributed by atoms with E-state index >= 15 is 0 Å². The molecule has 1 aliphatic heterocycles. The Morgan fingerprint density at radius 1 is 1.45 bits per heavy atom. The molecule has 1 heterocycles. The van der Waals surface area contributed by atoms with E-state index in [1.165, 1.54) is 0 Å². The van der Waals surface area contributed by atoms with E-state index < -0.39 is 9.84 Å². The fourth-order valence-electron chi connectivity index (χ4n) is 2.33. The third-order valence-corrected chi connectivity index (χ3v) is 5.64. The van der Waals surface area contributed by atoms with Crippen molar-refractivity contribution in [2.75, 3.05) is 18.9 Å². The molecule has 1 fully saturated rings. The number of benzene rings is 1. The normalized spacial score (nSPS) is 20.4. The molecule has 0 saturated carbocycles. The first-order valence-electron chi connectivity index (χ1n) is 6.63. The molecule has 2 rings (SSSR count). The van der Waals surface area contributed by atoms with E-state index in [0.29, 0.717) is 24.6 Å². The summed E-state index contributed by atoms with van der Waals surface area (Å²) in [5, 5.41) is 11.4. The summed E-state index contributed by atoms with van der Waals surface area (Å²) in [6, 6.07) is 9.37. The highest BCUT2D eigenvalue weighted by molar-refractivity contribution is 7.92. The van der Waals surface area contributed by atoms with Crippen LogP contribution in [0.3, 0.4) is 0 Å². The van der Waals surface area contributed by atoms with Gasteiger partial charge in [0.25, 0.3) is 0 Å². The van der Waals surface area contributed by atoms with Gasteiger partial charge < -0.3 is 10.1 Å². The second-order valence-corrected chi connectivity index (χ2v) is 7.26. The van der Waals surface area contributed by atoms with Gasteiger partial charge in [-0.15, -0.1) is 0 Å². The predicted octanol–water partition coefficient (Wildman–Crippen LogP) is 1.26. The smallest absolute Gasteiger partial charge is 0.174 e. The van der Waals surface area contributed by atoms with Gasteiger partial charge in [-0.1, -0.05) is 12.1 Å². The average Bonchev–Trinajstić information content (AvgIpc) is 2.76. The molecule has 6 heteroatoms. The van der Waals surface area contributed by atoms with Gasteiger partial charge in [-0.3, -0.25) is 0 Å². The Labute approximate surface area is 119 Å². The molecule has 1 atom stereocenters. The number of nitrogens with one attached hydrogen (secondary N) is 1. The van der Waals surface area contributed by atoms with Crippen LogP contribution < -0.4 is 10.1 Å². The van der Waals surface area contributed by atoms with Crippen molar-refractivity contribution in [3.05, 3.63) is 29.8 Å². The monoisotopic (exact) mass is 294 g/mol. The number of nitrogens with zero attached hydrogens (tertiary/aromatic N) is 1. The molecule has 1 unspecified atom stereocenters. The van der Waals surface area contributed by atoms with Crippen molar-refractivity contribution >= 4 is 9.84 Å². The van der Waals surface area contributed by atoms with Crippen LogP contribution in [0.4, 0.5) is 0 Å². The molecule has 1 aromatic rings. The van der Waals surface area contributed by atoms with Gasteiger partial charge in [0.1, 0.15) is 11.8 Å². The summed E-state index contributed by atoms with van der Waals surface area (Å²) >= 11 is 0. The van der Waals surface area contributed by atoms with Gasteiger partial charge >= 0.3 is 0 Å². The molecule has 0 radical (unpaired) electrons. The van der Waals surface area contributed by atoms with Crippen LogP contribution in [-0.4, -0.2) is 32.6 Å². The zero-order valence-corrected chi connectivity index (χ0v) is 12.0. The summed E-state index contributed by atoms with van der Waals surface area (Å²) in [5.41, 5.74) is 1.01. The Bertz CT molecular complexity index is 593. The summed E-state index contributed by atoms with van der Waals surface area (Å²) in [4.78, 5) is 0. The minimum absolute atomic E-state index is 0.0250. The third kappa shape index (κ3) is 3.95. The largest absolute Gasteiger partial charge is 0.479 e. The number of sulfone groups is 1. The highest BCUT2D eigenvalue weighted by atomic mass is 32.2. The minimum atomic E-state index is -2.88. The standard InChI is InChI=1S/C14H18N2O3S/c15-6-7-19-13-4-1-3-12(9-13)10-16-11-14-5-2-8-20(14,17)18/h1,3-4,9,14,16H,2,5,7-8,10-11H2. The van der Waals surface area contributed by atoms with E-state index in [9.17, 15) is 8.42 Å². The molecule has 20 heavy (non-hydrogen) atoms. The zero-order chi connectivity index (χ0) is 14.4. The highest BCUT2D eigenvalue weighted by Gasteiger charge is 2.30. The first-order valence-corrected chi connectivity index (χ1v) is 8.34. The summed E-state index contributed by atoms with van der Waals surface area (Å²) in [7, 11) is -2.88. The molecule has 1 aliphatic rings. The van der Waals surface area contributed by atoms with Crippen molar-refractivity contribution in [1.29, 1.82) is 5.26 Å². The fraction of sp³-hybridized carbons (Fsp3) is 0.500. The van der Waals surface area contributed by atoms with Crippen LogP contribution in [0.15, 0.2) is 24.3 Å². The second kappa shape index (κ2) is 6.73. The van der Waals surface area contributed by atoms with Crippen LogP contribution in [-0.2, 0) is 16.4 Å². The van der Waals surface area contributed by atoms with E-state index in [4.69, 9.17) is 10.00 Å². The Morgan fingerprint density at radius 2 is 2.30 bits per heavy atom. The lowest BCUT2D eigenvalue weighted by Gasteiger charge is -2.11. The zero-order valence-electron chi connectivity index (χ0n) is 11.2. The number of nitriles is 1. The summed E-state index contributed by atoms with van der Waals surface area (Å²) < 4.78 is 28.6. The van der Waals surface area contributed by atoms with E-state index in [-0.39, 0.29) is 11.9 Å². The molecular weight excluding hydrogens is 276 g/mol. The Hall–Kier alpha value is -1.58. The van der Waals surface area contributed by atoms with Crippen LogP contribution in [0.25, 0.3) is 0 Å². The molecule has 1 N–H and O–H groups in total. The molecule has 1 saturated heterocycles.